The zero-order valence-corrected chi connectivity index (χ0v) is 15.4. The molecule has 142 valence electrons. The van der Waals surface area contributed by atoms with Gasteiger partial charge in [0.2, 0.25) is 0 Å². The molecular weight excluding hydrogens is 378 g/mol. The SMILES string of the molecule is O=C(/C=C/c1ccc(O)cc1)c1ccccc1NS(=O)(=O)c1cccc(O)c1. The third-order valence-corrected chi connectivity index (χ3v) is 5.25. The number of allylic oxidation sites excluding steroid dienone is 1. The molecular formula is C21H17NO5S. The lowest BCUT2D eigenvalue weighted by molar-refractivity contribution is 0.104. The first kappa shape index (κ1) is 19.2. The molecule has 0 aliphatic carbocycles. The predicted molar refractivity (Wildman–Crippen MR) is 107 cm³/mol. The second-order valence-corrected chi connectivity index (χ2v) is 7.62. The number of carbonyl (C=O) groups excluding carboxylic acids is 1. The van der Waals surface area contributed by atoms with Crippen molar-refractivity contribution in [2.24, 2.45) is 0 Å². The van der Waals surface area contributed by atoms with Crippen molar-refractivity contribution in [1.82, 2.24) is 0 Å². The Morgan fingerprint density at radius 1 is 0.857 bits per heavy atom. The highest BCUT2D eigenvalue weighted by Crippen LogP contribution is 2.23. The quantitative estimate of drug-likeness (QED) is 0.435. The van der Waals surface area contributed by atoms with E-state index >= 15 is 0 Å². The molecule has 7 heteroatoms. The van der Waals surface area contributed by atoms with Gasteiger partial charge in [-0.05, 0) is 48.0 Å². The number of carbonyl (C=O) groups is 1. The highest BCUT2D eigenvalue weighted by Gasteiger charge is 2.18. The fourth-order valence-electron chi connectivity index (χ4n) is 2.49. The van der Waals surface area contributed by atoms with Crippen LogP contribution in [0.4, 0.5) is 5.69 Å². The van der Waals surface area contributed by atoms with E-state index in [-0.39, 0.29) is 33.4 Å². The standard InChI is InChI=1S/C21H17NO5S/c23-16-11-8-15(9-12-16)10-13-21(25)19-6-1-2-7-20(19)22-28(26,27)18-5-3-4-17(24)14-18/h1-14,22-24H/b13-10+. The molecule has 0 atom stereocenters. The van der Waals surface area contributed by atoms with Crippen molar-refractivity contribution in [1.29, 1.82) is 0 Å². The average Bonchev–Trinajstić information content (AvgIpc) is 2.67. The number of phenols is 2. The number of anilines is 1. The van der Waals surface area contributed by atoms with E-state index in [1.807, 2.05) is 0 Å². The van der Waals surface area contributed by atoms with Gasteiger partial charge in [-0.3, -0.25) is 9.52 Å². The topological polar surface area (TPSA) is 104 Å². The second kappa shape index (κ2) is 7.98. The van der Waals surface area contributed by atoms with Gasteiger partial charge in [-0.25, -0.2) is 8.42 Å². The fourth-order valence-corrected chi connectivity index (χ4v) is 3.61. The first-order chi connectivity index (χ1) is 13.3. The maximum absolute atomic E-state index is 12.6. The Hall–Kier alpha value is -3.58. The molecule has 0 fully saturated rings. The molecule has 0 spiro atoms. The molecule has 6 nitrogen and oxygen atoms in total. The van der Waals surface area contributed by atoms with Crippen LogP contribution in [-0.2, 0) is 10.0 Å². The van der Waals surface area contributed by atoms with E-state index in [1.54, 1.807) is 30.3 Å². The summed E-state index contributed by atoms with van der Waals surface area (Å²) in [6, 6.07) is 17.8. The van der Waals surface area contributed by atoms with Crippen molar-refractivity contribution < 1.29 is 23.4 Å². The van der Waals surface area contributed by atoms with Gasteiger partial charge < -0.3 is 10.2 Å². The van der Waals surface area contributed by atoms with E-state index < -0.39 is 10.0 Å². The zero-order valence-electron chi connectivity index (χ0n) is 14.6. The molecule has 0 bridgehead atoms. The summed E-state index contributed by atoms with van der Waals surface area (Å²) in [5.41, 5.74) is 1.02. The van der Waals surface area contributed by atoms with Gasteiger partial charge in [0, 0.05) is 11.6 Å². The molecule has 0 radical (unpaired) electrons. The molecule has 0 amide bonds. The van der Waals surface area contributed by atoms with Crippen molar-refractivity contribution >= 4 is 27.6 Å². The number of hydrogen-bond donors (Lipinski definition) is 3. The Balaban J connectivity index is 1.86. The maximum atomic E-state index is 12.6. The van der Waals surface area contributed by atoms with Crippen LogP contribution < -0.4 is 4.72 Å². The van der Waals surface area contributed by atoms with Gasteiger partial charge >= 0.3 is 0 Å². The highest BCUT2D eigenvalue weighted by atomic mass is 32.2. The third kappa shape index (κ3) is 4.57. The molecule has 0 aromatic heterocycles. The Kier molecular flexibility index (Phi) is 5.47. The Morgan fingerprint density at radius 2 is 1.57 bits per heavy atom. The normalized spacial score (nSPS) is 11.4. The van der Waals surface area contributed by atoms with E-state index in [9.17, 15) is 23.4 Å². The summed E-state index contributed by atoms with van der Waals surface area (Å²) in [4.78, 5) is 12.5. The third-order valence-electron chi connectivity index (χ3n) is 3.89. The van der Waals surface area contributed by atoms with Crippen molar-refractivity contribution in [2.45, 2.75) is 4.90 Å². The van der Waals surface area contributed by atoms with Gasteiger partial charge in [0.05, 0.1) is 10.6 Å². The smallest absolute Gasteiger partial charge is 0.262 e. The van der Waals surface area contributed by atoms with Gasteiger partial charge in [0.1, 0.15) is 11.5 Å². The van der Waals surface area contributed by atoms with Crippen LogP contribution >= 0.6 is 0 Å². The lowest BCUT2D eigenvalue weighted by Crippen LogP contribution is -2.15. The molecule has 0 unspecified atom stereocenters. The van der Waals surface area contributed by atoms with Crippen LogP contribution in [0.3, 0.4) is 0 Å². The summed E-state index contributed by atoms with van der Waals surface area (Å²) in [7, 11) is -3.98. The largest absolute Gasteiger partial charge is 0.508 e. The lowest BCUT2D eigenvalue weighted by atomic mass is 10.1. The maximum Gasteiger partial charge on any atom is 0.262 e. The monoisotopic (exact) mass is 395 g/mol. The molecule has 0 heterocycles. The summed E-state index contributed by atoms with van der Waals surface area (Å²) >= 11 is 0. The van der Waals surface area contributed by atoms with Gasteiger partial charge in [-0.2, -0.15) is 0 Å². The molecule has 3 aromatic carbocycles. The molecule has 28 heavy (non-hydrogen) atoms. The van der Waals surface area contributed by atoms with Crippen LogP contribution in [0.1, 0.15) is 15.9 Å². The van der Waals surface area contributed by atoms with Crippen LogP contribution in [-0.4, -0.2) is 24.4 Å². The number of aromatic hydroxyl groups is 2. The summed E-state index contributed by atoms with van der Waals surface area (Å²) in [6.07, 6.45) is 2.90. The first-order valence-corrected chi connectivity index (χ1v) is 9.76. The van der Waals surface area contributed by atoms with Crippen LogP contribution in [0.5, 0.6) is 11.5 Å². The number of hydrogen-bond acceptors (Lipinski definition) is 5. The molecule has 0 aliphatic heterocycles. The summed E-state index contributed by atoms with van der Waals surface area (Å²) in [6.45, 7) is 0. The van der Waals surface area contributed by atoms with Crippen LogP contribution in [0.2, 0.25) is 0 Å². The van der Waals surface area contributed by atoms with Crippen molar-refractivity contribution in [3.8, 4) is 11.5 Å². The minimum atomic E-state index is -3.98. The van der Waals surface area contributed by atoms with Gasteiger partial charge in [0.15, 0.2) is 5.78 Å². The molecule has 3 rings (SSSR count). The first-order valence-electron chi connectivity index (χ1n) is 8.27. The van der Waals surface area contributed by atoms with Crippen LogP contribution in [0, 0.1) is 0 Å². The van der Waals surface area contributed by atoms with Gasteiger partial charge in [0.25, 0.3) is 10.0 Å². The van der Waals surface area contributed by atoms with Crippen LogP contribution in [0.15, 0.2) is 83.8 Å². The van der Waals surface area contributed by atoms with E-state index in [0.717, 1.165) is 6.07 Å². The van der Waals surface area contributed by atoms with Crippen LogP contribution in [0.25, 0.3) is 6.08 Å². The van der Waals surface area contributed by atoms with E-state index in [2.05, 4.69) is 4.72 Å². The second-order valence-electron chi connectivity index (χ2n) is 5.94. The highest BCUT2D eigenvalue weighted by molar-refractivity contribution is 7.92. The number of ketones is 1. The molecule has 0 aliphatic rings. The molecule has 0 saturated carbocycles. The lowest BCUT2D eigenvalue weighted by Gasteiger charge is -2.11. The molecule has 0 saturated heterocycles. The van der Waals surface area contributed by atoms with Crippen molar-refractivity contribution in [3.05, 3.63) is 90.0 Å². The Bertz CT molecular complexity index is 1140. The fraction of sp³-hybridized carbons (Fsp3) is 0. The predicted octanol–water partition coefficient (Wildman–Crippen LogP) is 3.79. The van der Waals surface area contributed by atoms with E-state index in [4.69, 9.17) is 0 Å². The van der Waals surface area contributed by atoms with Gasteiger partial charge in [-0.1, -0.05) is 36.4 Å². The minimum Gasteiger partial charge on any atom is -0.508 e. The summed E-state index contributed by atoms with van der Waals surface area (Å²) in [5, 5.41) is 18.8. The molecule has 3 aromatic rings. The summed E-state index contributed by atoms with van der Waals surface area (Å²) < 4.78 is 27.5. The average molecular weight is 395 g/mol. The number of benzene rings is 3. The van der Waals surface area contributed by atoms with E-state index in [0.29, 0.717) is 5.56 Å². The number of rotatable bonds is 6. The minimum absolute atomic E-state index is 0.116. The Morgan fingerprint density at radius 3 is 2.29 bits per heavy atom. The zero-order chi connectivity index (χ0) is 20.1. The number of phenolic OH excluding ortho intramolecular Hbond substituents is 2. The summed E-state index contributed by atoms with van der Waals surface area (Å²) in [5.74, 6) is -0.443. The van der Waals surface area contributed by atoms with Gasteiger partial charge in [-0.15, -0.1) is 0 Å². The van der Waals surface area contributed by atoms with E-state index in [1.165, 1.54) is 48.5 Å². The Labute approximate surface area is 162 Å². The molecule has 3 N–H and O–H groups in total. The number of nitrogens with one attached hydrogen (secondary N) is 1. The van der Waals surface area contributed by atoms with Crippen molar-refractivity contribution in [2.75, 3.05) is 4.72 Å². The number of para-hydroxylation sites is 1. The number of sulfonamides is 1. The van der Waals surface area contributed by atoms with Crippen molar-refractivity contribution in [3.63, 3.8) is 0 Å².